The van der Waals surface area contributed by atoms with Gasteiger partial charge in [-0.2, -0.15) is 0 Å². The fourth-order valence-electron chi connectivity index (χ4n) is 2.23. The molecule has 2 aromatic rings. The van der Waals surface area contributed by atoms with Gasteiger partial charge < -0.3 is 9.47 Å². The van der Waals surface area contributed by atoms with Gasteiger partial charge in [0.2, 0.25) is 0 Å². The molecule has 0 radical (unpaired) electrons. The van der Waals surface area contributed by atoms with Crippen LogP contribution in [-0.4, -0.2) is 26.3 Å². The Labute approximate surface area is 162 Å². The molecule has 0 saturated heterocycles. The van der Waals surface area contributed by atoms with Crippen LogP contribution in [-0.2, 0) is 20.8 Å². The predicted octanol–water partition coefficient (Wildman–Crippen LogP) is 4.13. The molecule has 0 aliphatic heterocycles. The van der Waals surface area contributed by atoms with Crippen molar-refractivity contribution in [3.63, 3.8) is 0 Å². The molecule has 0 bridgehead atoms. The van der Waals surface area contributed by atoms with Crippen molar-refractivity contribution in [2.45, 2.75) is 13.3 Å². The molecule has 6 heteroatoms. The Hall–Kier alpha value is -2.31. The number of ether oxygens (including phenoxy) is 2. The second-order valence-electron chi connectivity index (χ2n) is 5.41. The number of hydroxylamine groups is 1. The highest BCUT2D eigenvalue weighted by atomic mass is 79.9. The van der Waals surface area contributed by atoms with Crippen molar-refractivity contribution in [3.8, 4) is 5.75 Å². The zero-order valence-corrected chi connectivity index (χ0v) is 16.4. The van der Waals surface area contributed by atoms with E-state index in [9.17, 15) is 4.79 Å². The number of hydrogen-bond donors (Lipinski definition) is 1. The molecule has 0 aliphatic carbocycles. The van der Waals surface area contributed by atoms with E-state index in [4.69, 9.17) is 9.57 Å². The number of carbonyl (C=O) groups is 1. The summed E-state index contributed by atoms with van der Waals surface area (Å²) < 4.78 is 11.4. The quantitative estimate of drug-likeness (QED) is 0.376. The van der Waals surface area contributed by atoms with Crippen molar-refractivity contribution in [1.82, 2.24) is 5.48 Å². The van der Waals surface area contributed by atoms with E-state index in [-0.39, 0.29) is 12.4 Å². The summed E-state index contributed by atoms with van der Waals surface area (Å²) in [5.41, 5.74) is 5.71. The number of allylic oxidation sites excluding steroid dienone is 1. The molecular weight excluding hydrogens is 398 g/mol. The molecule has 0 fully saturated rings. The number of hydrogen-bond acceptors (Lipinski definition) is 5. The van der Waals surface area contributed by atoms with E-state index in [1.165, 1.54) is 7.11 Å². The van der Waals surface area contributed by atoms with Gasteiger partial charge in [-0.25, -0.2) is 0 Å². The molecule has 0 aromatic heterocycles. The first kappa shape index (κ1) is 20.0. The first-order valence-electron chi connectivity index (χ1n) is 8.21. The lowest BCUT2D eigenvalue weighted by Gasteiger charge is -2.12. The number of halogens is 1. The first-order valence-corrected chi connectivity index (χ1v) is 9.00. The van der Waals surface area contributed by atoms with Crippen molar-refractivity contribution >= 4 is 27.6 Å². The maximum absolute atomic E-state index is 11.3. The molecule has 0 amide bonds. The van der Waals surface area contributed by atoms with Crippen LogP contribution in [0.15, 0.2) is 59.1 Å². The highest BCUT2D eigenvalue weighted by Gasteiger charge is 2.04. The number of esters is 1. The Morgan fingerprint density at radius 1 is 1.15 bits per heavy atom. The summed E-state index contributed by atoms with van der Waals surface area (Å²) >= 11 is 3.42. The van der Waals surface area contributed by atoms with Crippen LogP contribution in [0.4, 0.5) is 0 Å². The lowest BCUT2D eigenvalue weighted by molar-refractivity contribution is -0.139. The minimum absolute atomic E-state index is 0.226. The Bertz CT molecular complexity index is 744. The van der Waals surface area contributed by atoms with Crippen LogP contribution in [0.2, 0.25) is 0 Å². The van der Waals surface area contributed by atoms with Crippen molar-refractivity contribution < 1.29 is 19.1 Å². The molecule has 0 unspecified atom stereocenters. The largest absolute Gasteiger partial charge is 0.491 e. The normalized spacial score (nSPS) is 11.1. The molecule has 0 heterocycles. The number of benzene rings is 2. The topological polar surface area (TPSA) is 56.8 Å². The zero-order chi connectivity index (χ0) is 18.8. The number of nitrogens with one attached hydrogen (secondary N) is 1. The summed E-state index contributed by atoms with van der Waals surface area (Å²) in [5, 5.41) is 0. The molecular formula is C20H22BrNO4. The first-order chi connectivity index (χ1) is 12.6. The van der Waals surface area contributed by atoms with Gasteiger partial charge in [-0.15, -0.1) is 0 Å². The number of methoxy groups -OCH3 is 1. The Balaban J connectivity index is 1.75. The number of rotatable bonds is 9. The average Bonchev–Trinajstić information content (AvgIpc) is 2.66. The van der Waals surface area contributed by atoms with Gasteiger partial charge in [0.15, 0.2) is 0 Å². The minimum atomic E-state index is -0.276. The van der Waals surface area contributed by atoms with Gasteiger partial charge in [-0.3, -0.25) is 15.1 Å². The molecule has 2 aromatic carbocycles. The third-order valence-corrected chi connectivity index (χ3v) is 4.08. The fraction of sp³-hybridized carbons (Fsp3) is 0.250. The van der Waals surface area contributed by atoms with Crippen LogP contribution >= 0.6 is 15.9 Å². The van der Waals surface area contributed by atoms with Gasteiger partial charge in [0.25, 0.3) is 0 Å². The maximum atomic E-state index is 11.3. The summed E-state index contributed by atoms with van der Waals surface area (Å²) in [6.45, 7) is 2.69. The van der Waals surface area contributed by atoms with Gasteiger partial charge in [0, 0.05) is 4.47 Å². The molecule has 138 valence electrons. The van der Waals surface area contributed by atoms with Gasteiger partial charge >= 0.3 is 5.97 Å². The molecule has 0 atom stereocenters. The third kappa shape index (κ3) is 6.54. The molecule has 0 saturated carbocycles. The lowest BCUT2D eigenvalue weighted by atomic mass is 10.1. The van der Waals surface area contributed by atoms with Crippen LogP contribution in [0, 0.1) is 0 Å². The predicted molar refractivity (Wildman–Crippen MR) is 105 cm³/mol. The Morgan fingerprint density at radius 3 is 2.62 bits per heavy atom. The van der Waals surface area contributed by atoms with Crippen molar-refractivity contribution in [1.29, 1.82) is 0 Å². The molecule has 0 spiro atoms. The van der Waals surface area contributed by atoms with Crippen molar-refractivity contribution in [2.75, 3.05) is 20.3 Å². The average molecular weight is 420 g/mol. The third-order valence-electron chi connectivity index (χ3n) is 3.55. The van der Waals surface area contributed by atoms with E-state index >= 15 is 0 Å². The smallest absolute Gasteiger partial charge is 0.309 e. The monoisotopic (exact) mass is 419 g/mol. The molecule has 0 aliphatic rings. The summed E-state index contributed by atoms with van der Waals surface area (Å²) in [7, 11) is 1.38. The van der Waals surface area contributed by atoms with Gasteiger partial charge in [-0.05, 0) is 42.3 Å². The Kier molecular flexibility index (Phi) is 8.18. The SMILES string of the molecule is CC=C(NOCCOc1cccc(CC(=O)OC)c1)c1ccc(Br)cc1. The van der Waals surface area contributed by atoms with E-state index in [0.717, 1.165) is 21.3 Å². The van der Waals surface area contributed by atoms with Crippen LogP contribution in [0.5, 0.6) is 5.75 Å². The summed E-state index contributed by atoms with van der Waals surface area (Å²) in [6.07, 6.45) is 2.17. The van der Waals surface area contributed by atoms with Gasteiger partial charge in [0.05, 0.1) is 19.2 Å². The van der Waals surface area contributed by atoms with E-state index in [1.54, 1.807) is 0 Å². The highest BCUT2D eigenvalue weighted by molar-refractivity contribution is 9.10. The lowest BCUT2D eigenvalue weighted by Crippen LogP contribution is -2.17. The Morgan fingerprint density at radius 2 is 1.92 bits per heavy atom. The van der Waals surface area contributed by atoms with Crippen LogP contribution in [0.25, 0.3) is 5.70 Å². The highest BCUT2D eigenvalue weighted by Crippen LogP contribution is 2.16. The van der Waals surface area contributed by atoms with Crippen LogP contribution in [0.1, 0.15) is 18.1 Å². The fourth-order valence-corrected chi connectivity index (χ4v) is 2.49. The van der Waals surface area contributed by atoms with Crippen LogP contribution in [0.3, 0.4) is 0 Å². The van der Waals surface area contributed by atoms with E-state index in [1.807, 2.05) is 61.5 Å². The number of carbonyl (C=O) groups excluding carboxylic acids is 1. The van der Waals surface area contributed by atoms with Crippen LogP contribution < -0.4 is 10.2 Å². The molecule has 26 heavy (non-hydrogen) atoms. The zero-order valence-electron chi connectivity index (χ0n) is 14.8. The van der Waals surface area contributed by atoms with E-state index in [2.05, 4.69) is 26.1 Å². The maximum Gasteiger partial charge on any atom is 0.309 e. The summed E-state index contributed by atoms with van der Waals surface area (Å²) in [6, 6.07) is 15.3. The molecule has 5 nitrogen and oxygen atoms in total. The minimum Gasteiger partial charge on any atom is -0.491 e. The molecule has 2 rings (SSSR count). The second-order valence-corrected chi connectivity index (χ2v) is 6.32. The van der Waals surface area contributed by atoms with Gasteiger partial charge in [0.1, 0.15) is 19.0 Å². The molecule has 1 N–H and O–H groups in total. The standard InChI is InChI=1S/C20H22BrNO4/c1-3-19(16-7-9-17(21)10-8-16)22-26-12-11-25-18-6-4-5-15(13-18)14-20(23)24-2/h3-10,13,22H,11-12,14H2,1-2H3. The van der Waals surface area contributed by atoms with Crippen molar-refractivity contribution in [2.24, 2.45) is 0 Å². The van der Waals surface area contributed by atoms with Gasteiger partial charge in [-0.1, -0.05) is 46.3 Å². The summed E-state index contributed by atoms with van der Waals surface area (Å²) in [5.74, 6) is 0.413. The van der Waals surface area contributed by atoms with Crippen molar-refractivity contribution in [3.05, 3.63) is 70.2 Å². The van der Waals surface area contributed by atoms with E-state index in [0.29, 0.717) is 19.0 Å². The summed E-state index contributed by atoms with van der Waals surface area (Å²) in [4.78, 5) is 16.8. The van der Waals surface area contributed by atoms with E-state index < -0.39 is 0 Å². The second kappa shape index (κ2) is 10.6.